The molecule has 0 unspecified atom stereocenters. The van der Waals surface area contributed by atoms with Crippen molar-refractivity contribution in [3.8, 4) is 5.75 Å². The number of thiocarbonyl (C=S) groups is 1. The average molecular weight is 377 g/mol. The zero-order chi connectivity index (χ0) is 18.4. The van der Waals surface area contributed by atoms with Crippen molar-refractivity contribution in [3.63, 3.8) is 0 Å². The third-order valence-corrected chi connectivity index (χ3v) is 4.81. The van der Waals surface area contributed by atoms with Gasteiger partial charge in [0.2, 0.25) is 0 Å². The van der Waals surface area contributed by atoms with Crippen LogP contribution < -0.4 is 0 Å². The van der Waals surface area contributed by atoms with Crippen molar-refractivity contribution in [3.05, 3.63) is 58.4 Å². The molecule has 0 aliphatic rings. The highest BCUT2D eigenvalue weighted by atomic mass is 32.2. The normalized spacial score (nSPS) is 10.5. The van der Waals surface area contributed by atoms with Crippen LogP contribution in [0.25, 0.3) is 0 Å². The van der Waals surface area contributed by atoms with Crippen molar-refractivity contribution in [1.82, 2.24) is 4.98 Å². The van der Waals surface area contributed by atoms with Crippen molar-refractivity contribution in [2.24, 2.45) is 0 Å². The van der Waals surface area contributed by atoms with Crippen LogP contribution in [0.4, 0.5) is 0 Å². The number of nitrogens with zero attached hydrogens (tertiary/aromatic N) is 1. The Hall–Kier alpha value is -1.96. The maximum absolute atomic E-state index is 11.2. The highest BCUT2D eigenvalue weighted by molar-refractivity contribution is 8.12. The Labute approximate surface area is 156 Å². The molecule has 1 aromatic heterocycles. The summed E-state index contributed by atoms with van der Waals surface area (Å²) in [6.07, 6.45) is 1.56. The summed E-state index contributed by atoms with van der Waals surface area (Å²) in [6.45, 7) is 2.96. The molecule has 0 bridgehead atoms. The molecule has 0 fully saturated rings. The van der Waals surface area contributed by atoms with E-state index in [1.54, 1.807) is 13.1 Å². The maximum Gasteiger partial charge on any atom is 0.191 e. The first-order valence-corrected chi connectivity index (χ1v) is 8.99. The molecule has 132 valence electrons. The summed E-state index contributed by atoms with van der Waals surface area (Å²) in [5.41, 5.74) is 3.07. The number of thioether (sulfide) groups is 1. The van der Waals surface area contributed by atoms with Gasteiger partial charge in [0.05, 0.1) is 12.3 Å². The zero-order valence-corrected chi connectivity index (χ0v) is 15.6. The number of carbonyl (C=O) groups excluding carboxylic acids is 1. The van der Waals surface area contributed by atoms with E-state index in [1.807, 2.05) is 24.3 Å². The van der Waals surface area contributed by atoms with Crippen LogP contribution in [0.5, 0.6) is 5.75 Å². The van der Waals surface area contributed by atoms with Gasteiger partial charge in [-0.05, 0) is 24.7 Å². The van der Waals surface area contributed by atoms with Gasteiger partial charge in [0.15, 0.2) is 10.2 Å². The lowest BCUT2D eigenvalue weighted by Gasteiger charge is -2.14. The van der Waals surface area contributed by atoms with Gasteiger partial charge in [0.1, 0.15) is 12.4 Å². The third kappa shape index (κ3) is 5.01. The van der Waals surface area contributed by atoms with Crippen LogP contribution in [-0.2, 0) is 28.5 Å². The van der Waals surface area contributed by atoms with E-state index < -0.39 is 0 Å². The molecule has 25 heavy (non-hydrogen) atoms. The number of aryl methyl sites for hydroxylation is 1. The quantitative estimate of drug-likeness (QED) is 0.748. The first-order chi connectivity index (χ1) is 11.9. The van der Waals surface area contributed by atoms with E-state index in [4.69, 9.17) is 17.0 Å². The second-order valence-electron chi connectivity index (χ2n) is 5.37. The van der Waals surface area contributed by atoms with E-state index in [-0.39, 0.29) is 24.1 Å². The standard InChI is InChI=1S/C18H19NO4S2/c1-11-17(22)16(8-20)14(7-19-11)9-23-18(24)15-6-4-3-5-13(15)10-25-12(2)21/h3-7,20,22H,8-10H2,1-2H3. The number of ether oxygens (including phenoxy) is 1. The number of benzene rings is 1. The van der Waals surface area contributed by atoms with Gasteiger partial charge in [-0.25, -0.2) is 0 Å². The van der Waals surface area contributed by atoms with Gasteiger partial charge in [-0.2, -0.15) is 0 Å². The number of hydrogen-bond donors (Lipinski definition) is 2. The van der Waals surface area contributed by atoms with Gasteiger partial charge in [0.25, 0.3) is 0 Å². The summed E-state index contributed by atoms with van der Waals surface area (Å²) in [5, 5.41) is 19.8. The monoisotopic (exact) mass is 377 g/mol. The smallest absolute Gasteiger partial charge is 0.191 e. The molecule has 0 amide bonds. The molecule has 0 saturated heterocycles. The predicted molar refractivity (Wildman–Crippen MR) is 101 cm³/mol. The second kappa shape index (κ2) is 8.94. The van der Waals surface area contributed by atoms with Gasteiger partial charge in [-0.1, -0.05) is 36.0 Å². The van der Waals surface area contributed by atoms with E-state index in [0.29, 0.717) is 27.6 Å². The molecule has 1 aromatic carbocycles. The highest BCUT2D eigenvalue weighted by Crippen LogP contribution is 2.25. The molecule has 2 aromatic rings. The molecule has 7 heteroatoms. The third-order valence-electron chi connectivity index (χ3n) is 3.62. The fourth-order valence-corrected chi connectivity index (χ4v) is 3.10. The fourth-order valence-electron chi connectivity index (χ4n) is 2.23. The molecule has 0 radical (unpaired) electrons. The van der Waals surface area contributed by atoms with Crippen LogP contribution in [0.2, 0.25) is 0 Å². The van der Waals surface area contributed by atoms with E-state index >= 15 is 0 Å². The fraction of sp³-hybridized carbons (Fsp3) is 0.278. The van der Waals surface area contributed by atoms with Crippen LogP contribution in [0.15, 0.2) is 30.5 Å². The largest absolute Gasteiger partial charge is 0.506 e. The lowest BCUT2D eigenvalue weighted by Crippen LogP contribution is -2.09. The van der Waals surface area contributed by atoms with E-state index in [9.17, 15) is 15.0 Å². The second-order valence-corrected chi connectivity index (χ2v) is 6.89. The Bertz CT molecular complexity index is 793. The van der Waals surface area contributed by atoms with Crippen LogP contribution >= 0.6 is 24.0 Å². The minimum atomic E-state index is -0.313. The Morgan fingerprint density at radius 3 is 2.72 bits per heavy atom. The Kier molecular flexibility index (Phi) is 6.92. The number of pyridine rings is 1. The molecule has 0 aliphatic heterocycles. The number of carbonyl (C=O) groups is 1. The van der Waals surface area contributed by atoms with Crippen molar-refractivity contribution >= 4 is 34.1 Å². The van der Waals surface area contributed by atoms with Crippen molar-refractivity contribution in [2.45, 2.75) is 32.8 Å². The van der Waals surface area contributed by atoms with Crippen LogP contribution in [0.1, 0.15) is 34.9 Å². The Morgan fingerprint density at radius 1 is 1.32 bits per heavy atom. The number of aromatic hydroxyl groups is 1. The molecule has 0 atom stereocenters. The molecule has 1 heterocycles. The summed E-state index contributed by atoms with van der Waals surface area (Å²) in [5.74, 6) is 0.483. The Morgan fingerprint density at radius 2 is 2.04 bits per heavy atom. The van der Waals surface area contributed by atoms with Crippen molar-refractivity contribution in [2.75, 3.05) is 0 Å². The van der Waals surface area contributed by atoms with Gasteiger partial charge in [-0.15, -0.1) is 0 Å². The minimum absolute atomic E-state index is 0.0345. The lowest BCUT2D eigenvalue weighted by atomic mass is 10.1. The average Bonchev–Trinajstić information content (AvgIpc) is 2.60. The number of aliphatic hydroxyl groups is 1. The SMILES string of the molecule is CC(=O)SCc1ccccc1C(=S)OCc1cnc(C)c(O)c1CO. The van der Waals surface area contributed by atoms with Gasteiger partial charge >= 0.3 is 0 Å². The van der Waals surface area contributed by atoms with E-state index in [0.717, 1.165) is 11.1 Å². The molecule has 2 N–H and O–H groups in total. The molecule has 0 saturated carbocycles. The van der Waals surface area contributed by atoms with E-state index in [1.165, 1.54) is 18.7 Å². The summed E-state index contributed by atoms with van der Waals surface area (Å²) in [4.78, 5) is 15.3. The number of rotatable bonds is 6. The predicted octanol–water partition coefficient (Wildman–Crippen LogP) is 3.26. The Balaban J connectivity index is 2.14. The molecular formula is C18H19NO4S2. The number of aliphatic hydroxyl groups excluding tert-OH is 1. The lowest BCUT2D eigenvalue weighted by molar-refractivity contribution is -0.109. The van der Waals surface area contributed by atoms with Crippen LogP contribution in [0, 0.1) is 6.92 Å². The number of hydrogen-bond acceptors (Lipinski definition) is 7. The van der Waals surface area contributed by atoms with Crippen LogP contribution in [-0.4, -0.2) is 25.4 Å². The first-order valence-electron chi connectivity index (χ1n) is 7.59. The maximum atomic E-state index is 11.2. The summed E-state index contributed by atoms with van der Waals surface area (Å²) < 4.78 is 5.67. The molecule has 2 rings (SSSR count). The van der Waals surface area contributed by atoms with Crippen LogP contribution in [0.3, 0.4) is 0 Å². The summed E-state index contributed by atoms with van der Waals surface area (Å²) in [7, 11) is 0. The highest BCUT2D eigenvalue weighted by Gasteiger charge is 2.14. The zero-order valence-electron chi connectivity index (χ0n) is 14.0. The van der Waals surface area contributed by atoms with Crippen molar-refractivity contribution in [1.29, 1.82) is 0 Å². The number of aromatic nitrogens is 1. The molecular weight excluding hydrogens is 358 g/mol. The van der Waals surface area contributed by atoms with E-state index in [2.05, 4.69) is 4.98 Å². The molecule has 0 spiro atoms. The minimum Gasteiger partial charge on any atom is -0.506 e. The van der Waals surface area contributed by atoms with Gasteiger partial charge in [0, 0.05) is 35.6 Å². The van der Waals surface area contributed by atoms with Crippen molar-refractivity contribution < 1.29 is 19.7 Å². The topological polar surface area (TPSA) is 79.7 Å². The molecule has 0 aliphatic carbocycles. The summed E-state index contributed by atoms with van der Waals surface area (Å²) in [6, 6.07) is 7.48. The first kappa shape index (κ1) is 19.4. The van der Waals surface area contributed by atoms with Gasteiger partial charge < -0.3 is 14.9 Å². The molecule has 5 nitrogen and oxygen atoms in total. The van der Waals surface area contributed by atoms with Gasteiger partial charge in [-0.3, -0.25) is 9.78 Å². The summed E-state index contributed by atoms with van der Waals surface area (Å²) >= 11 is 6.57.